The molecule has 3 aromatic rings. The van der Waals surface area contributed by atoms with E-state index < -0.39 is 0 Å². The van der Waals surface area contributed by atoms with Crippen molar-refractivity contribution in [2.24, 2.45) is 0 Å². The van der Waals surface area contributed by atoms with Crippen LogP contribution in [0.25, 0.3) is 0 Å². The molecule has 8 heteroatoms. The van der Waals surface area contributed by atoms with Crippen LogP contribution >= 0.6 is 0 Å². The smallest absolute Gasteiger partial charge is 0.276 e. The van der Waals surface area contributed by atoms with E-state index in [-0.39, 0.29) is 23.2 Å². The van der Waals surface area contributed by atoms with Gasteiger partial charge in [-0.1, -0.05) is 181 Å². The van der Waals surface area contributed by atoms with E-state index >= 15 is 0 Å². The van der Waals surface area contributed by atoms with Crippen LogP contribution in [-0.2, 0) is 0 Å². The number of anilines is 2. The van der Waals surface area contributed by atoms with Gasteiger partial charge in [0.1, 0.15) is 22.9 Å². The van der Waals surface area contributed by atoms with Crippen molar-refractivity contribution in [1.82, 2.24) is 9.97 Å². The number of carbonyl (C=O) groups is 2. The van der Waals surface area contributed by atoms with Gasteiger partial charge in [-0.2, -0.15) is 0 Å². The maximum Gasteiger partial charge on any atom is 0.276 e. The minimum Gasteiger partial charge on any atom is -0.494 e. The van der Waals surface area contributed by atoms with Gasteiger partial charge in [0.05, 0.1) is 24.6 Å². The molecule has 0 atom stereocenters. The topological polar surface area (TPSA) is 102 Å². The Balaban J connectivity index is 1.26. The molecule has 0 radical (unpaired) electrons. The average molecular weight is 827 g/mol. The molecular formula is C52H82N4O4. The molecule has 1 heterocycles. The predicted molar refractivity (Wildman–Crippen MR) is 252 cm³/mol. The minimum absolute atomic E-state index is 0.183. The van der Waals surface area contributed by atoms with E-state index in [4.69, 9.17) is 9.47 Å². The number of benzene rings is 2. The molecule has 0 saturated carbocycles. The van der Waals surface area contributed by atoms with E-state index in [0.717, 1.165) is 24.3 Å². The summed E-state index contributed by atoms with van der Waals surface area (Å²) in [4.78, 5) is 35.3. The zero-order chi connectivity index (χ0) is 42.9. The molecule has 334 valence electrons. The van der Waals surface area contributed by atoms with Crippen molar-refractivity contribution in [3.63, 3.8) is 0 Å². The van der Waals surface area contributed by atoms with Gasteiger partial charge in [-0.05, 0) is 75.2 Å². The second kappa shape index (κ2) is 32.8. The van der Waals surface area contributed by atoms with Crippen LogP contribution < -0.4 is 20.1 Å². The molecule has 1 aromatic heterocycles. The number of carbonyl (C=O) groups excluding carboxylic acids is 2. The summed E-state index contributed by atoms with van der Waals surface area (Å²) in [6.07, 6.45) is 37.4. The van der Waals surface area contributed by atoms with Crippen molar-refractivity contribution in [2.45, 2.75) is 207 Å². The third kappa shape index (κ3) is 22.6. The maximum absolute atomic E-state index is 13.2. The van der Waals surface area contributed by atoms with Crippen LogP contribution in [0, 0.1) is 13.8 Å². The highest BCUT2D eigenvalue weighted by Crippen LogP contribution is 2.21. The van der Waals surface area contributed by atoms with Gasteiger partial charge in [-0.15, -0.1) is 0 Å². The van der Waals surface area contributed by atoms with Crippen molar-refractivity contribution in [3.8, 4) is 11.5 Å². The number of aryl methyl sites for hydroxylation is 2. The van der Waals surface area contributed by atoms with E-state index in [1.54, 1.807) is 13.8 Å². The highest BCUT2D eigenvalue weighted by molar-refractivity contribution is 6.06. The minimum atomic E-state index is -0.379. The van der Waals surface area contributed by atoms with Crippen molar-refractivity contribution in [1.29, 1.82) is 0 Å². The maximum atomic E-state index is 13.2. The predicted octanol–water partition coefficient (Wildman–Crippen LogP) is 15.3. The van der Waals surface area contributed by atoms with Gasteiger partial charge in [0.15, 0.2) is 0 Å². The zero-order valence-corrected chi connectivity index (χ0v) is 38.4. The molecule has 8 nitrogen and oxygen atoms in total. The standard InChI is InChI=1S/C52H82N4O4/c1-5-7-9-11-13-15-17-19-21-23-25-27-29-31-41-59-47-37-33-45(34-38-47)55-51(57)49-43(3)54-50(44(4)53-49)52(58)56-46-35-39-48(40-36-46)60-42-32-30-28-26-24-22-20-18-16-14-12-10-8-6-2/h33-40H,5-32,41-42H2,1-4H3,(H,55,57)(H,56,58). The third-order valence-corrected chi connectivity index (χ3v) is 11.4. The largest absolute Gasteiger partial charge is 0.494 e. The summed E-state index contributed by atoms with van der Waals surface area (Å²) in [6.45, 7) is 9.32. The van der Waals surface area contributed by atoms with E-state index in [2.05, 4.69) is 34.4 Å². The Morgan fingerprint density at radius 3 is 0.917 bits per heavy atom. The molecule has 0 aliphatic heterocycles. The Bertz CT molecular complexity index is 1440. The zero-order valence-electron chi connectivity index (χ0n) is 38.4. The quantitative estimate of drug-likeness (QED) is 0.0566. The lowest BCUT2D eigenvalue weighted by Crippen LogP contribution is -2.21. The van der Waals surface area contributed by atoms with Crippen LogP contribution in [0.2, 0.25) is 0 Å². The number of aromatic nitrogens is 2. The number of nitrogens with one attached hydrogen (secondary N) is 2. The highest BCUT2D eigenvalue weighted by atomic mass is 16.5. The lowest BCUT2D eigenvalue weighted by Gasteiger charge is -2.12. The van der Waals surface area contributed by atoms with Crippen molar-refractivity contribution in [3.05, 3.63) is 71.3 Å². The summed E-state index contributed by atoms with van der Waals surface area (Å²) in [5.74, 6) is 0.811. The van der Waals surface area contributed by atoms with Gasteiger partial charge >= 0.3 is 0 Å². The van der Waals surface area contributed by atoms with Crippen LogP contribution in [0.4, 0.5) is 11.4 Å². The Kier molecular flexibility index (Phi) is 27.5. The first-order chi connectivity index (χ1) is 29.4. The Labute approximate surface area is 365 Å². The van der Waals surface area contributed by atoms with E-state index in [0.29, 0.717) is 36.0 Å². The molecule has 0 saturated heterocycles. The van der Waals surface area contributed by atoms with Crippen molar-refractivity contribution >= 4 is 23.2 Å². The second-order valence-corrected chi connectivity index (χ2v) is 16.9. The third-order valence-electron chi connectivity index (χ3n) is 11.4. The van der Waals surface area contributed by atoms with E-state index in [1.165, 1.54) is 167 Å². The summed E-state index contributed by atoms with van der Waals surface area (Å²) < 4.78 is 11.9. The summed E-state index contributed by atoms with van der Waals surface area (Å²) in [5, 5.41) is 5.80. The Morgan fingerprint density at radius 1 is 0.400 bits per heavy atom. The fourth-order valence-electron chi connectivity index (χ4n) is 7.66. The number of rotatable bonds is 36. The molecule has 0 spiro atoms. The molecule has 0 unspecified atom stereocenters. The molecule has 3 rings (SSSR count). The lowest BCUT2D eigenvalue weighted by molar-refractivity contribution is 0.100. The fourth-order valence-corrected chi connectivity index (χ4v) is 7.66. The van der Waals surface area contributed by atoms with Crippen molar-refractivity contribution in [2.75, 3.05) is 23.8 Å². The highest BCUT2D eigenvalue weighted by Gasteiger charge is 2.19. The summed E-state index contributed by atoms with van der Waals surface area (Å²) in [7, 11) is 0. The lowest BCUT2D eigenvalue weighted by atomic mass is 10.0. The van der Waals surface area contributed by atoms with E-state index in [1.807, 2.05) is 48.5 Å². The Morgan fingerprint density at radius 2 is 0.650 bits per heavy atom. The van der Waals surface area contributed by atoms with Crippen LogP contribution in [0.1, 0.15) is 226 Å². The van der Waals surface area contributed by atoms with Gasteiger partial charge in [-0.25, -0.2) is 9.97 Å². The fraction of sp³-hybridized carbons (Fsp3) is 0.654. The van der Waals surface area contributed by atoms with Gasteiger partial charge in [0.25, 0.3) is 11.8 Å². The first-order valence-corrected chi connectivity index (χ1v) is 24.3. The number of nitrogens with zero attached hydrogens (tertiary/aromatic N) is 2. The van der Waals surface area contributed by atoms with Gasteiger partial charge < -0.3 is 20.1 Å². The number of hydrogen-bond donors (Lipinski definition) is 2. The number of ether oxygens (including phenoxy) is 2. The van der Waals surface area contributed by atoms with Crippen LogP contribution in [0.3, 0.4) is 0 Å². The SMILES string of the molecule is CCCCCCCCCCCCCCCCOc1ccc(NC(=O)c2nc(C)c(C(=O)Nc3ccc(OCCCCCCCCCCCCCCCC)cc3)nc2C)cc1. The van der Waals surface area contributed by atoms with E-state index in [9.17, 15) is 9.59 Å². The number of hydrogen-bond acceptors (Lipinski definition) is 6. The van der Waals surface area contributed by atoms with Gasteiger partial charge in [0.2, 0.25) is 0 Å². The summed E-state index contributed by atoms with van der Waals surface area (Å²) in [6, 6.07) is 14.8. The number of amides is 2. The van der Waals surface area contributed by atoms with Crippen LogP contribution in [-0.4, -0.2) is 35.0 Å². The monoisotopic (exact) mass is 827 g/mol. The molecule has 0 aliphatic rings. The van der Waals surface area contributed by atoms with Crippen LogP contribution in [0.15, 0.2) is 48.5 Å². The molecule has 60 heavy (non-hydrogen) atoms. The molecule has 2 N–H and O–H groups in total. The molecular weight excluding hydrogens is 745 g/mol. The normalized spacial score (nSPS) is 11.1. The summed E-state index contributed by atoms with van der Waals surface area (Å²) >= 11 is 0. The molecule has 0 bridgehead atoms. The Hall–Kier alpha value is -3.94. The molecule has 0 fully saturated rings. The van der Waals surface area contributed by atoms with Crippen LogP contribution in [0.5, 0.6) is 11.5 Å². The number of unbranched alkanes of at least 4 members (excludes halogenated alkanes) is 26. The molecule has 2 amide bonds. The van der Waals surface area contributed by atoms with Gasteiger partial charge in [-0.3, -0.25) is 9.59 Å². The first-order valence-electron chi connectivity index (χ1n) is 24.3. The average Bonchev–Trinajstić information content (AvgIpc) is 3.25. The first kappa shape index (κ1) is 50.4. The van der Waals surface area contributed by atoms with Gasteiger partial charge in [0, 0.05) is 11.4 Å². The van der Waals surface area contributed by atoms with Crippen molar-refractivity contribution < 1.29 is 19.1 Å². The second-order valence-electron chi connectivity index (χ2n) is 16.9. The molecule has 2 aromatic carbocycles. The summed E-state index contributed by atoms with van der Waals surface area (Å²) in [5.41, 5.74) is 2.39. The molecule has 0 aliphatic carbocycles.